The summed E-state index contributed by atoms with van der Waals surface area (Å²) in [5.41, 5.74) is 13.7. The van der Waals surface area contributed by atoms with Gasteiger partial charge in [0.25, 0.3) is 0 Å². The number of pyridine rings is 6. The van der Waals surface area contributed by atoms with Gasteiger partial charge in [0, 0.05) is 121 Å². The van der Waals surface area contributed by atoms with Crippen LogP contribution in [-0.2, 0) is 73.2 Å². The summed E-state index contributed by atoms with van der Waals surface area (Å²) in [4.78, 5) is 25.8. The van der Waals surface area contributed by atoms with Crippen LogP contribution in [0.5, 0.6) is 0 Å². The molecule has 105 heavy (non-hydrogen) atoms. The van der Waals surface area contributed by atoms with Crippen LogP contribution in [-0.4, -0.2) is 29.9 Å². The van der Waals surface area contributed by atoms with Gasteiger partial charge in [-0.15, -0.1) is 215 Å². The molecule has 6 heterocycles. The SMILES string of the molecule is [2H]C([2H])([2H])C([2H])(Cc1cc(-c2ccc(-c3[c-]cccc3)nc2)ccc1F)C([2H])([2H])[2H].[2H]C([2H])([2H])C([2H])(c1cc(-c2ccc(-c3[c-]cccc3)nc2)ccc1F)C([2H])([2H])[2H].[2H]C([2H])([2H])Cc1cc(-c2ccc(-c3[c-]cccc3)nc2)ccc1F.[Ir].[Ir].[Ir].[c-]1ccccc1-c1ccccn1.[c-]1ccccc1-c1ccccn1.[c-]1ccccc1-c1ccccn1. The second-order valence-electron chi connectivity index (χ2n) is 22.1. The van der Waals surface area contributed by atoms with E-state index < -0.39 is 75.5 Å². The number of benzene rings is 9. The zero-order valence-corrected chi connectivity index (χ0v) is 63.1. The molecule has 9 aromatic carbocycles. The van der Waals surface area contributed by atoms with E-state index in [1.54, 1.807) is 79.5 Å². The maximum Gasteiger partial charge on any atom is 0.126 e. The number of rotatable bonds is 13. The van der Waals surface area contributed by atoms with Crippen molar-refractivity contribution in [3.05, 3.63) is 399 Å². The topological polar surface area (TPSA) is 77.3 Å². The van der Waals surface area contributed by atoms with Gasteiger partial charge in [0.1, 0.15) is 17.5 Å². The standard InChI is InChI=1S/C21H19FN.C20H17FN.C19H15FN.3C11H8N.3Ir/c1-15(2)12-19-13-17(8-10-20(19)22)18-9-11-21(23-14-18)16-6-4-3-5-7-16;1-14(2)18-12-16(8-10-19(18)21)17-9-11-20(22-13-17)15-6-4-3-5-7-15;1-2-14-12-16(8-10-18(14)20)17-9-11-19(21-13-17)15-6-4-3-5-7-15;3*1-2-6-10(7-3-1)11-8-4-5-9-12-11;;;/h3-6,8-11,13-15H,12H2,1-2H3;3-6,8-14H,1-2H3;3-6,8-13H,2H2,1H3;3*1-6,8-9H;;;/q6*-1;;;/i1D3,2D3,15D;1D3,2D3,14D;1D3;;;;;;. The first kappa shape index (κ1) is 59.9. The van der Waals surface area contributed by atoms with E-state index in [0.29, 0.717) is 33.6 Å². The fraction of sp³-hybridized carbons (Fsp3) is 0.0968. The summed E-state index contributed by atoms with van der Waals surface area (Å²) >= 11 is 0. The van der Waals surface area contributed by atoms with Crippen LogP contribution in [0.15, 0.2) is 328 Å². The van der Waals surface area contributed by atoms with E-state index in [2.05, 4.69) is 66.3 Å². The van der Waals surface area contributed by atoms with Crippen molar-refractivity contribution < 1.29 is 96.8 Å². The van der Waals surface area contributed by atoms with Crippen molar-refractivity contribution in [2.45, 2.75) is 53.0 Å². The first-order chi connectivity index (χ1) is 56.7. The van der Waals surface area contributed by atoms with Crippen molar-refractivity contribution in [3.8, 4) is 101 Å². The molecule has 0 spiro atoms. The second kappa shape index (κ2) is 43.7. The minimum Gasteiger partial charge on any atom is -0.305 e. The third-order valence-electron chi connectivity index (χ3n) is 15.1. The Hall–Kier alpha value is -10.4. The molecule has 3 radical (unpaired) electrons. The van der Waals surface area contributed by atoms with Crippen molar-refractivity contribution in [1.82, 2.24) is 29.9 Å². The Labute approximate surface area is 681 Å². The van der Waals surface area contributed by atoms with E-state index in [-0.39, 0.29) is 77.9 Å². The molecule has 0 aliphatic heterocycles. The number of nitrogens with zero attached hydrogens (tertiary/aromatic N) is 6. The molecule has 0 amide bonds. The molecule has 6 nitrogen and oxygen atoms in total. The van der Waals surface area contributed by atoms with Gasteiger partial charge in [0.15, 0.2) is 0 Å². The Balaban J connectivity index is 0.000000208. The summed E-state index contributed by atoms with van der Waals surface area (Å²) < 4.78 is 172. The Morgan fingerprint density at radius 1 is 0.314 bits per heavy atom. The van der Waals surface area contributed by atoms with E-state index in [4.69, 9.17) is 23.3 Å². The van der Waals surface area contributed by atoms with Crippen molar-refractivity contribution in [2.75, 3.05) is 0 Å². The van der Waals surface area contributed by atoms with Crippen LogP contribution in [0.2, 0.25) is 0 Å². The van der Waals surface area contributed by atoms with Gasteiger partial charge < -0.3 is 29.9 Å². The second-order valence-corrected chi connectivity index (χ2v) is 22.1. The number of hydrogen-bond acceptors (Lipinski definition) is 6. The van der Waals surface area contributed by atoms with Crippen molar-refractivity contribution in [3.63, 3.8) is 0 Å². The smallest absolute Gasteiger partial charge is 0.126 e. The predicted molar refractivity (Wildman–Crippen MR) is 409 cm³/mol. The molecule has 0 aliphatic rings. The molecule has 0 fully saturated rings. The van der Waals surface area contributed by atoms with Crippen LogP contribution >= 0.6 is 0 Å². The largest absolute Gasteiger partial charge is 0.305 e. The maximum absolute atomic E-state index is 14.5. The monoisotopic (exact) mass is 1930 g/mol. The van der Waals surface area contributed by atoms with Gasteiger partial charge in [-0.1, -0.05) is 125 Å². The average molecular weight is 1930 g/mol. The Morgan fingerprint density at radius 2 is 0.619 bits per heavy atom. The molecular weight excluding hydrogens is 1830 g/mol. The molecule has 12 heteroatoms. The van der Waals surface area contributed by atoms with E-state index in [1.807, 2.05) is 200 Å². The van der Waals surface area contributed by atoms with Crippen LogP contribution in [0.1, 0.15) is 80.1 Å². The Kier molecular flexibility index (Phi) is 24.9. The molecule has 0 saturated carbocycles. The van der Waals surface area contributed by atoms with Gasteiger partial charge in [-0.05, 0) is 163 Å². The van der Waals surface area contributed by atoms with Crippen molar-refractivity contribution in [2.24, 2.45) is 5.89 Å². The van der Waals surface area contributed by atoms with Crippen molar-refractivity contribution in [1.29, 1.82) is 0 Å². The molecule has 0 unspecified atom stereocenters. The predicted octanol–water partition coefficient (Wildman–Crippen LogP) is 23.6. The summed E-state index contributed by atoms with van der Waals surface area (Å²) in [5, 5.41) is 0. The molecule has 6 aromatic heterocycles. The van der Waals surface area contributed by atoms with Gasteiger partial charge in [-0.3, -0.25) is 0 Å². The number of aryl methyl sites for hydroxylation is 1. The molecule has 0 aliphatic carbocycles. The first-order valence-corrected chi connectivity index (χ1v) is 32.0. The quantitative estimate of drug-likeness (QED) is 0.107. The molecule has 15 rings (SSSR count). The van der Waals surface area contributed by atoms with Gasteiger partial charge in [0.2, 0.25) is 0 Å². The van der Waals surface area contributed by atoms with Crippen LogP contribution in [0.3, 0.4) is 0 Å². The van der Waals surface area contributed by atoms with Gasteiger partial charge in [-0.2, -0.15) is 0 Å². The molecule has 0 bridgehead atoms. The Morgan fingerprint density at radius 3 is 0.905 bits per heavy atom. The molecule has 531 valence electrons. The average Bonchev–Trinajstić information content (AvgIpc) is 0.720. The zero-order chi connectivity index (χ0) is 85.4. The summed E-state index contributed by atoms with van der Waals surface area (Å²) in [7, 11) is 0. The number of aromatic nitrogens is 6. The molecular formula is C93H75F3Ir3N6-6. The zero-order valence-electron chi connectivity index (χ0n) is 72.9. The fourth-order valence-corrected chi connectivity index (χ4v) is 9.92. The summed E-state index contributed by atoms with van der Waals surface area (Å²) in [6.45, 7) is -15.0. The molecule has 0 saturated heterocycles. The van der Waals surface area contributed by atoms with Crippen LogP contribution < -0.4 is 0 Å². The molecule has 0 N–H and O–H groups in total. The van der Waals surface area contributed by atoms with Crippen LogP contribution in [0.4, 0.5) is 13.2 Å². The van der Waals surface area contributed by atoms with Gasteiger partial charge >= 0.3 is 0 Å². The van der Waals surface area contributed by atoms with E-state index in [9.17, 15) is 13.2 Å². The van der Waals surface area contributed by atoms with Gasteiger partial charge in [-0.25, -0.2) is 13.2 Å². The maximum atomic E-state index is 14.5. The summed E-state index contributed by atoms with van der Waals surface area (Å²) in [6, 6.07) is 105. The molecule has 0 atom stereocenters. The fourth-order valence-electron chi connectivity index (χ4n) is 9.92. The number of hydrogen-bond donors (Lipinski definition) is 0. The van der Waals surface area contributed by atoms with Crippen LogP contribution in [0, 0.1) is 59.7 Å². The summed E-state index contributed by atoms with van der Waals surface area (Å²) in [6.07, 6.45) is 9.10. The van der Waals surface area contributed by atoms with Gasteiger partial charge in [0.05, 0.1) is 0 Å². The minimum atomic E-state index is -3.26. The van der Waals surface area contributed by atoms with E-state index >= 15 is 0 Å². The third kappa shape index (κ3) is 25.2. The minimum absolute atomic E-state index is 0. The third-order valence-corrected chi connectivity index (χ3v) is 15.1. The number of halogens is 3. The first-order valence-electron chi connectivity index (χ1n) is 40.5. The summed E-state index contributed by atoms with van der Waals surface area (Å²) in [5.74, 6) is -8.25. The normalized spacial score (nSPS) is 13.3. The molecule has 15 aromatic rings. The van der Waals surface area contributed by atoms with E-state index in [0.717, 1.165) is 85.5 Å². The van der Waals surface area contributed by atoms with E-state index in [1.165, 1.54) is 30.5 Å². The van der Waals surface area contributed by atoms with Crippen LogP contribution in [0.25, 0.3) is 101 Å². The Bertz CT molecular complexity index is 5320. The van der Waals surface area contributed by atoms with Crippen molar-refractivity contribution >= 4 is 0 Å².